The molecule has 1 heterocycles. The number of aryl methyl sites for hydroxylation is 1. The van der Waals surface area contributed by atoms with Gasteiger partial charge in [-0.3, -0.25) is 9.48 Å². The molecule has 1 aromatic heterocycles. The van der Waals surface area contributed by atoms with E-state index in [0.29, 0.717) is 5.69 Å². The van der Waals surface area contributed by atoms with Gasteiger partial charge in [0.2, 0.25) is 0 Å². The average Bonchev–Trinajstić information content (AvgIpc) is 2.40. The van der Waals surface area contributed by atoms with E-state index < -0.39 is 0 Å². The van der Waals surface area contributed by atoms with Crippen LogP contribution in [0.1, 0.15) is 65.2 Å². The Kier molecular flexibility index (Phi) is 4.92. The molecule has 0 atom stereocenters. The summed E-state index contributed by atoms with van der Waals surface area (Å²) in [6, 6.07) is 1.93. The van der Waals surface area contributed by atoms with Gasteiger partial charge in [0.15, 0.2) is 5.78 Å². The van der Waals surface area contributed by atoms with Gasteiger partial charge in [0.25, 0.3) is 0 Å². The fourth-order valence-electron chi connectivity index (χ4n) is 1.75. The van der Waals surface area contributed by atoms with Crippen molar-refractivity contribution >= 4 is 5.78 Å². The highest BCUT2D eigenvalue weighted by Gasteiger charge is 2.26. The third kappa shape index (κ3) is 4.28. The maximum atomic E-state index is 12.2. The van der Waals surface area contributed by atoms with E-state index in [9.17, 15) is 4.79 Å². The van der Waals surface area contributed by atoms with Crippen molar-refractivity contribution in [1.29, 1.82) is 0 Å². The fraction of sp³-hybridized carbons (Fsp3) is 0.733. The van der Waals surface area contributed by atoms with Crippen molar-refractivity contribution in [3.8, 4) is 0 Å². The Morgan fingerprint density at radius 3 is 2.11 bits per heavy atom. The first-order valence-corrected chi connectivity index (χ1v) is 6.08. The molecule has 0 saturated carbocycles. The molecule has 18 heavy (non-hydrogen) atoms. The minimum Gasteiger partial charge on any atom is -0.292 e. The third-order valence-electron chi connectivity index (χ3n) is 2.56. The second-order valence-corrected chi connectivity index (χ2v) is 6.96. The summed E-state index contributed by atoms with van der Waals surface area (Å²) in [7, 11) is 1.84. The Labute approximate surface area is 112 Å². The Bertz CT molecular complexity index is 417. The number of rotatable bonds is 2. The summed E-state index contributed by atoms with van der Waals surface area (Å²) >= 11 is 0. The van der Waals surface area contributed by atoms with Crippen LogP contribution in [0.2, 0.25) is 0 Å². The number of hydrogen-bond acceptors (Lipinski definition) is 2. The number of aromatic nitrogens is 2. The molecule has 0 aliphatic carbocycles. The minimum atomic E-state index is -0.354. The van der Waals surface area contributed by atoms with Gasteiger partial charge in [-0.1, -0.05) is 49.0 Å². The van der Waals surface area contributed by atoms with Crippen molar-refractivity contribution in [1.82, 2.24) is 9.78 Å². The molecule has 0 amide bonds. The Morgan fingerprint density at radius 1 is 1.22 bits per heavy atom. The molecule has 0 fully saturated rings. The summed E-state index contributed by atoms with van der Waals surface area (Å²) < 4.78 is 1.70. The van der Waals surface area contributed by atoms with Crippen LogP contribution in [0, 0.1) is 10.8 Å². The monoisotopic (exact) mass is 252 g/mol. The molecule has 1 aromatic rings. The van der Waals surface area contributed by atoms with Crippen LogP contribution in [0.4, 0.5) is 0 Å². The highest BCUT2D eigenvalue weighted by molar-refractivity contribution is 5.98. The normalized spacial score (nSPS) is 12.2. The molecule has 0 unspecified atom stereocenters. The van der Waals surface area contributed by atoms with E-state index in [1.54, 1.807) is 4.68 Å². The number of carbonyl (C=O) groups is 1. The molecule has 0 aromatic carbocycles. The molecular weight excluding hydrogens is 224 g/mol. The van der Waals surface area contributed by atoms with Crippen LogP contribution in [0.15, 0.2) is 6.07 Å². The lowest BCUT2D eigenvalue weighted by Gasteiger charge is -2.16. The van der Waals surface area contributed by atoms with Gasteiger partial charge in [-0.2, -0.15) is 5.10 Å². The van der Waals surface area contributed by atoms with Gasteiger partial charge in [0.05, 0.1) is 5.69 Å². The molecule has 0 N–H and O–H groups in total. The predicted octanol–water partition coefficient (Wildman–Crippen LogP) is 3.87. The summed E-state index contributed by atoms with van der Waals surface area (Å²) in [4.78, 5) is 12.2. The van der Waals surface area contributed by atoms with Gasteiger partial charge in [-0.25, -0.2) is 0 Å². The van der Waals surface area contributed by atoms with E-state index in [1.807, 2.05) is 33.9 Å². The third-order valence-corrected chi connectivity index (χ3v) is 2.56. The van der Waals surface area contributed by atoms with Crippen LogP contribution in [-0.4, -0.2) is 15.6 Å². The molecule has 0 bridgehead atoms. The second-order valence-electron chi connectivity index (χ2n) is 6.96. The second kappa shape index (κ2) is 5.25. The number of hydrogen-bond donors (Lipinski definition) is 0. The fourth-order valence-corrected chi connectivity index (χ4v) is 1.75. The van der Waals surface area contributed by atoms with Gasteiger partial charge < -0.3 is 0 Å². The number of nitrogens with zero attached hydrogens (tertiary/aromatic N) is 2. The summed E-state index contributed by atoms with van der Waals surface area (Å²) in [5.74, 6) is 0.146. The van der Waals surface area contributed by atoms with Crippen molar-refractivity contribution < 1.29 is 4.79 Å². The van der Waals surface area contributed by atoms with Crippen molar-refractivity contribution in [2.24, 2.45) is 17.9 Å². The van der Waals surface area contributed by atoms with Crippen LogP contribution in [0.3, 0.4) is 0 Å². The minimum absolute atomic E-state index is 0. The molecular formula is C15H28N2O. The van der Waals surface area contributed by atoms with E-state index in [0.717, 1.165) is 12.1 Å². The number of carbonyl (C=O) groups excluding carboxylic acids is 1. The van der Waals surface area contributed by atoms with Gasteiger partial charge in [-0.15, -0.1) is 0 Å². The zero-order valence-corrected chi connectivity index (χ0v) is 12.1. The quantitative estimate of drug-likeness (QED) is 0.749. The zero-order valence-electron chi connectivity index (χ0n) is 12.1. The maximum Gasteiger partial charge on any atom is 0.186 e. The van der Waals surface area contributed by atoms with E-state index in [2.05, 4.69) is 25.9 Å². The van der Waals surface area contributed by atoms with Crippen LogP contribution in [0.25, 0.3) is 0 Å². The topological polar surface area (TPSA) is 34.9 Å². The van der Waals surface area contributed by atoms with Crippen LogP contribution in [0.5, 0.6) is 0 Å². The number of Topliss-reactive ketones (excluding diaryl/α,β-unsaturated/α-hetero) is 1. The van der Waals surface area contributed by atoms with Crippen molar-refractivity contribution in [2.45, 2.75) is 55.4 Å². The molecule has 0 saturated heterocycles. The van der Waals surface area contributed by atoms with E-state index >= 15 is 0 Å². The summed E-state index contributed by atoms with van der Waals surface area (Å²) in [5, 5.41) is 4.43. The first-order valence-electron chi connectivity index (χ1n) is 6.08. The van der Waals surface area contributed by atoms with Gasteiger partial charge in [0, 0.05) is 12.5 Å². The molecule has 3 nitrogen and oxygen atoms in total. The molecule has 0 aliphatic rings. The smallest absolute Gasteiger partial charge is 0.186 e. The van der Waals surface area contributed by atoms with Gasteiger partial charge in [-0.05, 0) is 17.9 Å². The lowest BCUT2D eigenvalue weighted by atomic mass is 9.87. The van der Waals surface area contributed by atoms with E-state index in [-0.39, 0.29) is 24.0 Å². The van der Waals surface area contributed by atoms with Gasteiger partial charge >= 0.3 is 0 Å². The zero-order chi connectivity index (χ0) is 13.4. The first-order chi connectivity index (χ1) is 7.50. The van der Waals surface area contributed by atoms with Crippen molar-refractivity contribution in [2.75, 3.05) is 0 Å². The molecule has 1 rings (SSSR count). The van der Waals surface area contributed by atoms with Crippen molar-refractivity contribution in [3.63, 3.8) is 0 Å². The van der Waals surface area contributed by atoms with Crippen LogP contribution in [-0.2, 0) is 13.5 Å². The molecule has 3 heteroatoms. The maximum absolute atomic E-state index is 12.2. The summed E-state index contributed by atoms with van der Waals surface area (Å²) in [6.07, 6.45) is 0.887. The van der Waals surface area contributed by atoms with Crippen molar-refractivity contribution in [3.05, 3.63) is 17.5 Å². The van der Waals surface area contributed by atoms with Crippen LogP contribution < -0.4 is 0 Å². The standard InChI is InChI=1S/C14H24N2O.CH4/c1-13(2,3)9-10-8-11(16(7)15-10)12(17)14(4,5)6;/h8H,9H2,1-7H3;1H4. The molecule has 0 aliphatic heterocycles. The van der Waals surface area contributed by atoms with Crippen LogP contribution >= 0.6 is 0 Å². The lowest BCUT2D eigenvalue weighted by molar-refractivity contribution is 0.0848. The molecule has 0 radical (unpaired) electrons. The highest BCUT2D eigenvalue weighted by atomic mass is 16.1. The average molecular weight is 252 g/mol. The Balaban J connectivity index is 0.00000289. The largest absolute Gasteiger partial charge is 0.292 e. The highest BCUT2D eigenvalue weighted by Crippen LogP contribution is 2.24. The SMILES string of the molecule is C.Cn1nc(CC(C)(C)C)cc1C(=O)C(C)(C)C. The molecule has 0 spiro atoms. The first kappa shape index (κ1) is 16.9. The predicted molar refractivity (Wildman–Crippen MR) is 76.9 cm³/mol. The lowest BCUT2D eigenvalue weighted by Crippen LogP contribution is -2.22. The Morgan fingerprint density at radius 2 is 1.72 bits per heavy atom. The van der Waals surface area contributed by atoms with E-state index in [1.165, 1.54) is 0 Å². The summed E-state index contributed by atoms with van der Waals surface area (Å²) in [5.41, 5.74) is 1.53. The van der Waals surface area contributed by atoms with E-state index in [4.69, 9.17) is 0 Å². The molecule has 104 valence electrons. The number of ketones is 1. The van der Waals surface area contributed by atoms with Gasteiger partial charge in [0.1, 0.15) is 5.69 Å². The summed E-state index contributed by atoms with van der Waals surface area (Å²) in [6.45, 7) is 12.3. The Hall–Kier alpha value is -1.12.